The quantitative estimate of drug-likeness (QED) is 0.417. The second-order valence-electron chi connectivity index (χ2n) is 9.70. The van der Waals surface area contributed by atoms with Crippen LogP contribution in [0.25, 0.3) is 16.8 Å². The van der Waals surface area contributed by atoms with Crippen molar-refractivity contribution in [3.8, 4) is 22.6 Å². The Morgan fingerprint density at radius 2 is 1.82 bits per heavy atom. The molecule has 5 nitrogen and oxygen atoms in total. The molecule has 0 N–H and O–H groups in total. The first-order valence-electron chi connectivity index (χ1n) is 12.5. The highest BCUT2D eigenvalue weighted by atomic mass is 32.2. The standard InChI is InChI=1S/C28H36N4OS/c1-20(2)30-11-13-31(14-12-30)24-9-7-22(8-10-24)25-17-27-26(16-21(25)3)32-18-23(6-5-15-34-4)29-28(32)19-33-27/h7-10,16-18,20H,5-6,11-15,19H2,1-4H3. The number of piperazine rings is 1. The average Bonchev–Trinajstić information content (AvgIpc) is 3.28. The van der Waals surface area contributed by atoms with Crippen LogP contribution < -0.4 is 9.64 Å². The van der Waals surface area contributed by atoms with Gasteiger partial charge in [-0.25, -0.2) is 4.98 Å². The van der Waals surface area contributed by atoms with Crippen molar-refractivity contribution < 1.29 is 4.74 Å². The summed E-state index contributed by atoms with van der Waals surface area (Å²) in [5.74, 6) is 3.11. The van der Waals surface area contributed by atoms with E-state index < -0.39 is 0 Å². The van der Waals surface area contributed by atoms with Gasteiger partial charge in [0.2, 0.25) is 0 Å². The summed E-state index contributed by atoms with van der Waals surface area (Å²) in [7, 11) is 0. The minimum Gasteiger partial charge on any atom is -0.483 e. The number of imidazole rings is 1. The van der Waals surface area contributed by atoms with E-state index in [1.807, 2.05) is 11.8 Å². The smallest absolute Gasteiger partial charge is 0.151 e. The maximum absolute atomic E-state index is 6.15. The number of aromatic nitrogens is 2. The summed E-state index contributed by atoms with van der Waals surface area (Å²) in [5, 5.41) is 0. The summed E-state index contributed by atoms with van der Waals surface area (Å²) in [5.41, 5.74) is 7.31. The molecule has 180 valence electrons. The number of thioether (sulfide) groups is 1. The Bertz CT molecular complexity index is 1130. The highest BCUT2D eigenvalue weighted by molar-refractivity contribution is 7.98. The molecule has 2 aliphatic rings. The average molecular weight is 477 g/mol. The van der Waals surface area contributed by atoms with E-state index in [1.54, 1.807) is 0 Å². The monoisotopic (exact) mass is 476 g/mol. The SMILES string of the molecule is CSCCCc1cn2c(n1)COc1cc(-c3ccc(N4CCN(C(C)C)CC4)cc3)c(C)cc1-2. The molecule has 0 bridgehead atoms. The van der Waals surface area contributed by atoms with Crippen molar-refractivity contribution >= 4 is 17.4 Å². The van der Waals surface area contributed by atoms with Gasteiger partial charge in [-0.15, -0.1) is 0 Å². The molecule has 0 radical (unpaired) electrons. The third kappa shape index (κ3) is 4.71. The number of nitrogens with zero attached hydrogens (tertiary/aromatic N) is 4. The highest BCUT2D eigenvalue weighted by Gasteiger charge is 2.22. The molecule has 0 amide bonds. The molecule has 1 saturated heterocycles. The lowest BCUT2D eigenvalue weighted by atomic mass is 9.98. The third-order valence-corrected chi connectivity index (χ3v) is 7.82. The van der Waals surface area contributed by atoms with Crippen molar-refractivity contribution in [1.82, 2.24) is 14.5 Å². The molecule has 34 heavy (non-hydrogen) atoms. The van der Waals surface area contributed by atoms with Gasteiger partial charge in [0, 0.05) is 44.1 Å². The second-order valence-corrected chi connectivity index (χ2v) is 10.7. The summed E-state index contributed by atoms with van der Waals surface area (Å²) in [6, 6.07) is 14.1. The molecule has 3 heterocycles. The number of fused-ring (bicyclic) bond motifs is 3. The van der Waals surface area contributed by atoms with Crippen molar-refractivity contribution in [2.24, 2.45) is 0 Å². The Labute approximate surface area is 208 Å². The molecule has 2 aromatic carbocycles. The minimum atomic E-state index is 0.527. The maximum atomic E-state index is 6.15. The number of aryl methyl sites for hydroxylation is 2. The summed E-state index contributed by atoms with van der Waals surface area (Å²) < 4.78 is 8.38. The van der Waals surface area contributed by atoms with Crippen LogP contribution in [-0.2, 0) is 13.0 Å². The number of rotatable bonds is 7. The van der Waals surface area contributed by atoms with E-state index >= 15 is 0 Å². The fourth-order valence-corrected chi connectivity index (χ4v) is 5.51. The Kier molecular flexibility index (Phi) is 6.89. The molecular weight excluding hydrogens is 440 g/mol. The number of hydrogen-bond acceptors (Lipinski definition) is 5. The first-order valence-corrected chi connectivity index (χ1v) is 13.9. The normalized spacial score (nSPS) is 15.9. The van der Waals surface area contributed by atoms with Crippen LogP contribution in [-0.4, -0.2) is 58.7 Å². The van der Waals surface area contributed by atoms with Crippen LogP contribution in [0.3, 0.4) is 0 Å². The molecule has 0 saturated carbocycles. The fraction of sp³-hybridized carbons (Fsp3) is 0.464. The Morgan fingerprint density at radius 1 is 1.06 bits per heavy atom. The van der Waals surface area contributed by atoms with Crippen LogP contribution in [0, 0.1) is 6.92 Å². The van der Waals surface area contributed by atoms with Gasteiger partial charge in [0.15, 0.2) is 5.82 Å². The number of anilines is 1. The first-order chi connectivity index (χ1) is 16.5. The van der Waals surface area contributed by atoms with Gasteiger partial charge in [-0.1, -0.05) is 12.1 Å². The van der Waals surface area contributed by atoms with Gasteiger partial charge < -0.3 is 9.64 Å². The molecule has 0 aliphatic carbocycles. The number of benzene rings is 2. The van der Waals surface area contributed by atoms with E-state index in [1.165, 1.54) is 28.1 Å². The van der Waals surface area contributed by atoms with Crippen LogP contribution in [0.1, 0.15) is 37.4 Å². The predicted octanol–water partition coefficient (Wildman–Crippen LogP) is 5.57. The van der Waals surface area contributed by atoms with E-state index in [-0.39, 0.29) is 0 Å². The number of ether oxygens (including phenoxy) is 1. The summed E-state index contributed by atoms with van der Waals surface area (Å²) >= 11 is 1.89. The minimum absolute atomic E-state index is 0.527. The number of hydrogen-bond donors (Lipinski definition) is 0. The van der Waals surface area contributed by atoms with Gasteiger partial charge in [-0.3, -0.25) is 9.47 Å². The Hall–Kier alpha value is -2.44. The topological polar surface area (TPSA) is 33.5 Å². The maximum Gasteiger partial charge on any atom is 0.151 e. The van der Waals surface area contributed by atoms with E-state index in [4.69, 9.17) is 9.72 Å². The lowest BCUT2D eigenvalue weighted by molar-refractivity contribution is 0.209. The lowest BCUT2D eigenvalue weighted by Crippen LogP contribution is -2.48. The van der Waals surface area contributed by atoms with E-state index in [2.05, 4.69) is 84.0 Å². The zero-order valence-electron chi connectivity index (χ0n) is 20.9. The van der Waals surface area contributed by atoms with E-state index in [0.717, 1.165) is 62.0 Å². The fourth-order valence-electron chi connectivity index (χ4n) is 5.08. The van der Waals surface area contributed by atoms with Crippen LogP contribution in [0.4, 0.5) is 5.69 Å². The summed E-state index contributed by atoms with van der Waals surface area (Å²) in [6.45, 7) is 11.7. The van der Waals surface area contributed by atoms with Crippen LogP contribution in [0.15, 0.2) is 42.6 Å². The molecule has 2 aliphatic heterocycles. The van der Waals surface area contributed by atoms with Crippen molar-refractivity contribution in [3.63, 3.8) is 0 Å². The zero-order chi connectivity index (χ0) is 23.7. The molecule has 0 unspecified atom stereocenters. The first kappa shape index (κ1) is 23.3. The van der Waals surface area contributed by atoms with Gasteiger partial charge in [0.05, 0.1) is 11.4 Å². The molecule has 0 spiro atoms. The molecule has 6 heteroatoms. The summed E-state index contributed by atoms with van der Waals surface area (Å²) in [4.78, 5) is 9.88. The second kappa shape index (κ2) is 10.0. The van der Waals surface area contributed by atoms with E-state index in [9.17, 15) is 0 Å². The van der Waals surface area contributed by atoms with Gasteiger partial charge in [-0.2, -0.15) is 11.8 Å². The van der Waals surface area contributed by atoms with Crippen LogP contribution in [0.5, 0.6) is 5.75 Å². The van der Waals surface area contributed by atoms with E-state index in [0.29, 0.717) is 12.6 Å². The van der Waals surface area contributed by atoms with Crippen molar-refractivity contribution in [2.75, 3.05) is 43.1 Å². The zero-order valence-corrected chi connectivity index (χ0v) is 21.7. The largest absolute Gasteiger partial charge is 0.483 e. The molecule has 3 aromatic rings. The third-order valence-electron chi connectivity index (χ3n) is 7.12. The predicted molar refractivity (Wildman–Crippen MR) is 144 cm³/mol. The molecule has 1 fully saturated rings. The lowest BCUT2D eigenvalue weighted by Gasteiger charge is -2.38. The van der Waals surface area contributed by atoms with Gasteiger partial charge in [-0.05, 0) is 86.6 Å². The van der Waals surface area contributed by atoms with Gasteiger partial charge in [0.25, 0.3) is 0 Å². The Balaban J connectivity index is 1.34. The van der Waals surface area contributed by atoms with Crippen molar-refractivity contribution in [2.45, 2.75) is 46.3 Å². The van der Waals surface area contributed by atoms with Crippen LogP contribution in [0.2, 0.25) is 0 Å². The van der Waals surface area contributed by atoms with Gasteiger partial charge >= 0.3 is 0 Å². The van der Waals surface area contributed by atoms with Crippen LogP contribution >= 0.6 is 11.8 Å². The Morgan fingerprint density at radius 3 is 2.53 bits per heavy atom. The van der Waals surface area contributed by atoms with Crippen molar-refractivity contribution in [3.05, 3.63) is 59.7 Å². The van der Waals surface area contributed by atoms with Gasteiger partial charge in [0.1, 0.15) is 12.4 Å². The molecule has 1 aromatic heterocycles. The summed E-state index contributed by atoms with van der Waals surface area (Å²) in [6.07, 6.45) is 6.53. The molecule has 0 atom stereocenters. The highest BCUT2D eigenvalue weighted by Crippen LogP contribution is 2.37. The van der Waals surface area contributed by atoms with Crippen molar-refractivity contribution in [1.29, 1.82) is 0 Å². The molecule has 5 rings (SSSR count). The molecular formula is C28H36N4OS.